The molecule has 1 saturated heterocycles. The number of ether oxygens (including phenoxy) is 1. The van der Waals surface area contributed by atoms with E-state index in [1.54, 1.807) is 0 Å². The van der Waals surface area contributed by atoms with Gasteiger partial charge in [0.05, 0.1) is 0 Å². The predicted molar refractivity (Wildman–Crippen MR) is 49.2 cm³/mol. The van der Waals surface area contributed by atoms with Gasteiger partial charge in [0.1, 0.15) is 0 Å². The van der Waals surface area contributed by atoms with Crippen molar-refractivity contribution in [1.82, 2.24) is 5.32 Å². The Labute approximate surface area is 74.7 Å². The zero-order valence-corrected chi connectivity index (χ0v) is 7.88. The molecule has 70 valence electrons. The zero-order chi connectivity index (χ0) is 8.39. The van der Waals surface area contributed by atoms with Crippen molar-refractivity contribution in [3.05, 3.63) is 0 Å². The Balaban J connectivity index is 1.70. The maximum absolute atomic E-state index is 5.32. The molecule has 2 aliphatic rings. The third kappa shape index (κ3) is 1.80. The normalized spacial score (nSPS) is 37.8. The molecule has 2 atom stereocenters. The minimum absolute atomic E-state index is 0.742. The highest BCUT2D eigenvalue weighted by Crippen LogP contribution is 2.27. The molecule has 0 spiro atoms. The van der Waals surface area contributed by atoms with E-state index >= 15 is 0 Å². The van der Waals surface area contributed by atoms with Crippen LogP contribution >= 0.6 is 0 Å². The Kier molecular flexibility index (Phi) is 2.66. The van der Waals surface area contributed by atoms with Gasteiger partial charge in [0.25, 0.3) is 0 Å². The molecule has 0 radical (unpaired) electrons. The number of hydrogen-bond donors (Lipinski definition) is 1. The van der Waals surface area contributed by atoms with Crippen molar-refractivity contribution in [2.45, 2.75) is 44.7 Å². The molecule has 2 fully saturated rings. The molecule has 1 aliphatic carbocycles. The SMILES string of the molecule is CC1CCC1NC1CCOCC1. The summed E-state index contributed by atoms with van der Waals surface area (Å²) >= 11 is 0. The monoisotopic (exact) mass is 169 g/mol. The van der Waals surface area contributed by atoms with Gasteiger partial charge in [-0.05, 0) is 31.6 Å². The van der Waals surface area contributed by atoms with Crippen molar-refractivity contribution in [3.8, 4) is 0 Å². The van der Waals surface area contributed by atoms with Crippen LogP contribution in [0.2, 0.25) is 0 Å². The summed E-state index contributed by atoms with van der Waals surface area (Å²) in [4.78, 5) is 0. The van der Waals surface area contributed by atoms with Crippen molar-refractivity contribution in [1.29, 1.82) is 0 Å². The van der Waals surface area contributed by atoms with Crippen LogP contribution in [0.1, 0.15) is 32.6 Å². The largest absolute Gasteiger partial charge is 0.381 e. The van der Waals surface area contributed by atoms with Gasteiger partial charge < -0.3 is 10.1 Å². The summed E-state index contributed by atoms with van der Waals surface area (Å²) in [5.74, 6) is 0.910. The summed E-state index contributed by atoms with van der Waals surface area (Å²) < 4.78 is 5.32. The molecule has 1 saturated carbocycles. The van der Waals surface area contributed by atoms with Gasteiger partial charge >= 0.3 is 0 Å². The van der Waals surface area contributed by atoms with E-state index in [9.17, 15) is 0 Å². The first-order valence-electron chi connectivity index (χ1n) is 5.20. The first-order chi connectivity index (χ1) is 5.86. The summed E-state index contributed by atoms with van der Waals surface area (Å²) in [6.07, 6.45) is 5.23. The van der Waals surface area contributed by atoms with Crippen molar-refractivity contribution >= 4 is 0 Å². The Morgan fingerprint density at radius 1 is 1.08 bits per heavy atom. The van der Waals surface area contributed by atoms with Gasteiger partial charge in [0.2, 0.25) is 0 Å². The first kappa shape index (κ1) is 8.52. The molecule has 2 heteroatoms. The van der Waals surface area contributed by atoms with Crippen LogP contribution in [0, 0.1) is 5.92 Å². The van der Waals surface area contributed by atoms with Crippen molar-refractivity contribution in [2.24, 2.45) is 5.92 Å². The van der Waals surface area contributed by atoms with Crippen LogP contribution in [0.3, 0.4) is 0 Å². The fourth-order valence-electron chi connectivity index (χ4n) is 2.08. The van der Waals surface area contributed by atoms with E-state index in [1.807, 2.05) is 0 Å². The maximum atomic E-state index is 5.32. The first-order valence-corrected chi connectivity index (χ1v) is 5.20. The van der Waals surface area contributed by atoms with Gasteiger partial charge in [0, 0.05) is 25.3 Å². The molecule has 1 heterocycles. The second kappa shape index (κ2) is 3.75. The molecule has 0 aromatic heterocycles. The lowest BCUT2D eigenvalue weighted by atomic mass is 9.80. The zero-order valence-electron chi connectivity index (χ0n) is 7.88. The third-order valence-electron chi connectivity index (χ3n) is 3.29. The van der Waals surface area contributed by atoms with Crippen LogP contribution < -0.4 is 5.32 Å². The number of hydrogen-bond acceptors (Lipinski definition) is 2. The van der Waals surface area contributed by atoms with Gasteiger partial charge in [-0.2, -0.15) is 0 Å². The Bertz CT molecular complexity index is 143. The van der Waals surface area contributed by atoms with E-state index in [0.29, 0.717) is 0 Å². The molecule has 12 heavy (non-hydrogen) atoms. The Morgan fingerprint density at radius 3 is 2.33 bits per heavy atom. The molecule has 1 N–H and O–H groups in total. The van der Waals surface area contributed by atoms with Crippen LogP contribution in [-0.2, 0) is 4.74 Å². The van der Waals surface area contributed by atoms with Crippen LogP contribution in [0.4, 0.5) is 0 Å². The highest BCUT2D eigenvalue weighted by molar-refractivity contribution is 4.86. The summed E-state index contributed by atoms with van der Waals surface area (Å²) in [5, 5.41) is 3.73. The molecule has 0 bridgehead atoms. The Morgan fingerprint density at radius 2 is 1.83 bits per heavy atom. The lowest BCUT2D eigenvalue weighted by molar-refractivity contribution is 0.0655. The average molecular weight is 169 g/mol. The molecule has 0 aromatic carbocycles. The summed E-state index contributed by atoms with van der Waals surface area (Å²) in [5.41, 5.74) is 0. The molecule has 2 unspecified atom stereocenters. The van der Waals surface area contributed by atoms with Crippen LogP contribution in [-0.4, -0.2) is 25.3 Å². The number of rotatable bonds is 2. The van der Waals surface area contributed by atoms with Gasteiger partial charge in [-0.15, -0.1) is 0 Å². The van der Waals surface area contributed by atoms with Crippen LogP contribution in [0.25, 0.3) is 0 Å². The van der Waals surface area contributed by atoms with Crippen molar-refractivity contribution in [3.63, 3.8) is 0 Å². The Hall–Kier alpha value is -0.0800. The molecule has 1 aliphatic heterocycles. The molecular formula is C10H19NO. The maximum Gasteiger partial charge on any atom is 0.0480 e. The lowest BCUT2D eigenvalue weighted by Gasteiger charge is -2.38. The highest BCUT2D eigenvalue weighted by atomic mass is 16.5. The summed E-state index contributed by atoms with van der Waals surface area (Å²) in [6, 6.07) is 1.56. The van der Waals surface area contributed by atoms with E-state index in [0.717, 1.165) is 31.2 Å². The molecule has 2 rings (SSSR count). The molecule has 0 amide bonds. The minimum Gasteiger partial charge on any atom is -0.381 e. The standard InChI is InChI=1S/C10H19NO/c1-8-2-3-10(8)11-9-4-6-12-7-5-9/h8-11H,2-7H2,1H3. The fraction of sp³-hybridized carbons (Fsp3) is 1.00. The van der Waals surface area contributed by atoms with Gasteiger partial charge in [-0.25, -0.2) is 0 Å². The topological polar surface area (TPSA) is 21.3 Å². The van der Waals surface area contributed by atoms with Crippen LogP contribution in [0.5, 0.6) is 0 Å². The van der Waals surface area contributed by atoms with Crippen molar-refractivity contribution in [2.75, 3.05) is 13.2 Å². The number of nitrogens with one attached hydrogen (secondary N) is 1. The van der Waals surface area contributed by atoms with E-state index in [4.69, 9.17) is 4.74 Å². The van der Waals surface area contributed by atoms with Crippen LogP contribution in [0.15, 0.2) is 0 Å². The molecular weight excluding hydrogens is 150 g/mol. The molecule has 0 aromatic rings. The van der Waals surface area contributed by atoms with E-state index in [-0.39, 0.29) is 0 Å². The van der Waals surface area contributed by atoms with Crippen molar-refractivity contribution < 1.29 is 4.74 Å². The fourth-order valence-corrected chi connectivity index (χ4v) is 2.08. The second-order valence-corrected chi connectivity index (χ2v) is 4.21. The van der Waals surface area contributed by atoms with E-state index in [1.165, 1.54) is 25.7 Å². The quantitative estimate of drug-likeness (QED) is 0.677. The van der Waals surface area contributed by atoms with Gasteiger partial charge in [0.15, 0.2) is 0 Å². The van der Waals surface area contributed by atoms with Gasteiger partial charge in [-0.3, -0.25) is 0 Å². The van der Waals surface area contributed by atoms with Gasteiger partial charge in [-0.1, -0.05) is 6.92 Å². The lowest BCUT2D eigenvalue weighted by Crippen LogP contribution is -2.49. The molecule has 2 nitrogen and oxygen atoms in total. The second-order valence-electron chi connectivity index (χ2n) is 4.21. The van der Waals surface area contributed by atoms with E-state index < -0.39 is 0 Å². The average Bonchev–Trinajstić information content (AvgIpc) is 2.14. The van der Waals surface area contributed by atoms with E-state index in [2.05, 4.69) is 12.2 Å². The minimum atomic E-state index is 0.742. The summed E-state index contributed by atoms with van der Waals surface area (Å²) in [6.45, 7) is 4.26. The highest BCUT2D eigenvalue weighted by Gasteiger charge is 2.28. The summed E-state index contributed by atoms with van der Waals surface area (Å²) in [7, 11) is 0. The third-order valence-corrected chi connectivity index (χ3v) is 3.29. The predicted octanol–water partition coefficient (Wildman–Crippen LogP) is 1.55. The smallest absolute Gasteiger partial charge is 0.0480 e.